The molecule has 0 aliphatic carbocycles. The van der Waals surface area contributed by atoms with Crippen molar-refractivity contribution in [3.63, 3.8) is 0 Å². The van der Waals surface area contributed by atoms with E-state index in [4.69, 9.17) is 0 Å². The Bertz CT molecular complexity index is 756. The molecule has 0 aromatic heterocycles. The molecule has 0 radical (unpaired) electrons. The Kier molecular flexibility index (Phi) is 10.2. The number of carbonyl (C=O) groups excluding carboxylic acids is 2. The highest BCUT2D eigenvalue weighted by Gasteiger charge is 1.86. The van der Waals surface area contributed by atoms with Crippen LogP contribution in [0.2, 0.25) is 0 Å². The molecule has 0 saturated heterocycles. The smallest absolute Gasteiger partial charge is 0.182 e. The van der Waals surface area contributed by atoms with Crippen molar-refractivity contribution in [1.82, 2.24) is 0 Å². The van der Waals surface area contributed by atoms with Crippen molar-refractivity contribution in [3.05, 3.63) is 106 Å². The number of aromatic carboxylic acids is 2. The molecular weight excluding hydrogens is 447 g/mol. The molecule has 0 heterocycles. The van der Waals surface area contributed by atoms with E-state index in [-0.39, 0.29) is 11.1 Å². The van der Waals surface area contributed by atoms with Gasteiger partial charge in [0.1, 0.15) is 0 Å². The monoisotopic (exact) mass is 462 g/mol. The Labute approximate surface area is 161 Å². The first-order chi connectivity index (χ1) is 12.5. The van der Waals surface area contributed by atoms with Gasteiger partial charge in [0.05, 0.1) is 11.9 Å². The largest absolute Gasteiger partial charge is 0.545 e. The quantitative estimate of drug-likeness (QED) is 0.557. The maximum Gasteiger partial charge on any atom is 0.182 e. The molecule has 0 spiro atoms. The Morgan fingerprint density at radius 3 is 1.08 bits per heavy atom. The number of hydrogen-bond donors (Lipinski definition) is 0. The fourth-order valence-electron chi connectivity index (χ4n) is 1.61. The molecule has 26 heavy (non-hydrogen) atoms. The van der Waals surface area contributed by atoms with Gasteiger partial charge in [-0.15, -0.1) is 0 Å². The summed E-state index contributed by atoms with van der Waals surface area (Å²) >= 11 is -0.941. The van der Waals surface area contributed by atoms with E-state index in [0.717, 1.165) is 3.57 Å². The predicted molar refractivity (Wildman–Crippen MR) is 101 cm³/mol. The second kappa shape index (κ2) is 12.5. The number of carboxylic acid groups (broad SMARTS) is 2. The van der Waals surface area contributed by atoms with Crippen LogP contribution in [0.1, 0.15) is 20.7 Å². The first-order valence-corrected chi connectivity index (χ1v) is 9.35. The molecule has 0 aliphatic heterocycles. The Morgan fingerprint density at radius 1 is 0.577 bits per heavy atom. The maximum atomic E-state index is 10.2. The number of benzene rings is 3. The van der Waals surface area contributed by atoms with Gasteiger partial charge in [-0.25, -0.2) is 0 Å². The van der Waals surface area contributed by atoms with Crippen molar-refractivity contribution in [1.29, 1.82) is 0 Å². The molecule has 0 bridgehead atoms. The number of rotatable bonds is 3. The molecule has 0 unspecified atom stereocenters. The first-order valence-electron chi connectivity index (χ1n) is 7.39. The van der Waals surface area contributed by atoms with Crippen LogP contribution in [-0.4, -0.2) is 11.9 Å². The van der Waals surface area contributed by atoms with Crippen LogP contribution in [0.15, 0.2) is 91.0 Å². The van der Waals surface area contributed by atoms with E-state index in [2.05, 4.69) is 0 Å². The molecule has 0 atom stereocenters. The highest BCUT2D eigenvalue weighted by molar-refractivity contribution is 14.1. The van der Waals surface area contributed by atoms with Gasteiger partial charge in [0.15, 0.2) is 21.2 Å². The molecule has 0 fully saturated rings. The SMILES string of the molecule is O=C([O-])c1ccccc1.O=C([O-])c1ccccc1.O=Ic1ccccc1. The lowest BCUT2D eigenvalue weighted by atomic mass is 10.2. The molecule has 3 aromatic rings. The van der Waals surface area contributed by atoms with E-state index < -0.39 is 33.1 Å². The lowest BCUT2D eigenvalue weighted by molar-refractivity contribution is -0.256. The normalized spacial score (nSPS) is 8.92. The third kappa shape index (κ3) is 8.84. The average molecular weight is 462 g/mol. The zero-order valence-electron chi connectivity index (χ0n) is 13.6. The molecule has 134 valence electrons. The van der Waals surface area contributed by atoms with Crippen LogP contribution >= 0.6 is 21.2 Å². The van der Waals surface area contributed by atoms with E-state index in [1.165, 1.54) is 24.3 Å². The van der Waals surface area contributed by atoms with Gasteiger partial charge in [0.25, 0.3) is 0 Å². The Morgan fingerprint density at radius 2 is 0.885 bits per heavy atom. The van der Waals surface area contributed by atoms with Crippen LogP contribution in [0.3, 0.4) is 0 Å². The van der Waals surface area contributed by atoms with E-state index in [1.54, 1.807) is 36.4 Å². The zero-order chi connectivity index (χ0) is 19.2. The maximum absolute atomic E-state index is 10.2. The van der Waals surface area contributed by atoms with Crippen molar-refractivity contribution in [2.24, 2.45) is 0 Å². The number of halogens is 1. The summed E-state index contributed by atoms with van der Waals surface area (Å²) in [6, 6.07) is 25.6. The highest BCUT2D eigenvalue weighted by Crippen LogP contribution is 2.06. The summed E-state index contributed by atoms with van der Waals surface area (Å²) in [6.07, 6.45) is 0. The van der Waals surface area contributed by atoms with Crippen LogP contribution in [-0.2, 0) is 3.07 Å². The lowest BCUT2D eigenvalue weighted by Gasteiger charge is -1.97. The molecule has 0 N–H and O–H groups in total. The summed E-state index contributed by atoms with van der Waals surface area (Å²) in [5, 5.41) is 20.2. The number of carboxylic acids is 2. The van der Waals surface area contributed by atoms with Crippen LogP contribution in [0.4, 0.5) is 0 Å². The van der Waals surface area contributed by atoms with Crippen LogP contribution < -0.4 is 10.2 Å². The summed E-state index contributed by atoms with van der Waals surface area (Å²) in [5.74, 6) is -2.26. The molecule has 3 rings (SSSR count). The van der Waals surface area contributed by atoms with Gasteiger partial charge in [-0.05, 0) is 23.3 Å². The summed E-state index contributed by atoms with van der Waals surface area (Å²) in [5.41, 5.74) is 0.440. The summed E-state index contributed by atoms with van der Waals surface area (Å²) in [4.78, 5) is 20.2. The third-order valence-electron chi connectivity index (χ3n) is 2.84. The molecule has 3 aromatic carbocycles. The van der Waals surface area contributed by atoms with Gasteiger partial charge in [-0.1, -0.05) is 78.9 Å². The second-order valence-electron chi connectivity index (χ2n) is 4.68. The zero-order valence-corrected chi connectivity index (χ0v) is 15.7. The van der Waals surface area contributed by atoms with Gasteiger partial charge < -0.3 is 19.8 Å². The summed E-state index contributed by atoms with van der Waals surface area (Å²) in [7, 11) is 0. The van der Waals surface area contributed by atoms with E-state index in [1.807, 2.05) is 30.3 Å². The first kappa shape index (κ1) is 21.2. The van der Waals surface area contributed by atoms with E-state index in [0.29, 0.717) is 0 Å². The van der Waals surface area contributed by atoms with Crippen molar-refractivity contribution in [2.75, 3.05) is 0 Å². The van der Waals surface area contributed by atoms with Crippen LogP contribution in [0.5, 0.6) is 0 Å². The van der Waals surface area contributed by atoms with Gasteiger partial charge in [0.2, 0.25) is 0 Å². The third-order valence-corrected chi connectivity index (χ3v) is 4.07. The van der Waals surface area contributed by atoms with Crippen molar-refractivity contribution in [2.45, 2.75) is 0 Å². The van der Waals surface area contributed by atoms with Crippen molar-refractivity contribution >= 4 is 33.1 Å². The molecule has 0 saturated carbocycles. The molecule has 0 amide bonds. The van der Waals surface area contributed by atoms with Gasteiger partial charge in [-0.3, -0.25) is 3.07 Å². The molecule has 0 aliphatic rings. The fourth-order valence-corrected chi connectivity index (χ4v) is 2.32. The summed E-state index contributed by atoms with van der Waals surface area (Å²) < 4.78 is 11.2. The molecule has 6 heteroatoms. The van der Waals surface area contributed by atoms with Gasteiger partial charge >= 0.3 is 0 Å². The lowest BCUT2D eigenvalue weighted by Crippen LogP contribution is -2.21. The van der Waals surface area contributed by atoms with Crippen molar-refractivity contribution < 1.29 is 22.9 Å². The standard InChI is InChI=1S/2C7H6O2.C6H5IO/c2*8-7(9)6-4-2-1-3-5-6;8-7-6-4-2-1-3-5-6/h2*1-5H,(H,8,9);1-5H/p-2. The van der Waals surface area contributed by atoms with Crippen LogP contribution in [0, 0.1) is 3.57 Å². The number of carbonyl (C=O) groups is 2. The van der Waals surface area contributed by atoms with E-state index in [9.17, 15) is 22.9 Å². The van der Waals surface area contributed by atoms with Gasteiger partial charge in [0, 0.05) is 3.57 Å². The number of hydrogen-bond acceptors (Lipinski definition) is 5. The minimum absolute atomic E-state index is 0.220. The topological polar surface area (TPSA) is 97.3 Å². The fraction of sp³-hybridized carbons (Fsp3) is 0. The summed E-state index contributed by atoms with van der Waals surface area (Å²) in [6.45, 7) is 0. The van der Waals surface area contributed by atoms with E-state index >= 15 is 0 Å². The van der Waals surface area contributed by atoms with Crippen molar-refractivity contribution in [3.8, 4) is 0 Å². The average Bonchev–Trinajstić information content (AvgIpc) is 2.71. The molecular formula is C20H15IO5-2. The predicted octanol–water partition coefficient (Wildman–Crippen LogP) is 2.27. The highest BCUT2D eigenvalue weighted by atomic mass is 127. The minimum Gasteiger partial charge on any atom is -0.545 e. The molecule has 5 nitrogen and oxygen atoms in total. The van der Waals surface area contributed by atoms with Gasteiger partial charge in [-0.2, -0.15) is 0 Å². The van der Waals surface area contributed by atoms with Crippen LogP contribution in [0.25, 0.3) is 0 Å². The Hall–Kier alpha value is -2.87. The minimum atomic E-state index is -1.13. The second-order valence-corrected chi connectivity index (χ2v) is 6.37. The Balaban J connectivity index is 0.000000195.